The van der Waals surface area contributed by atoms with E-state index in [-0.39, 0.29) is 23.3 Å². The molecule has 10 heteroatoms. The number of aromatic nitrogens is 3. The Bertz CT molecular complexity index is 1020. The molecule has 2 fully saturated rings. The minimum atomic E-state index is -0.193. The van der Waals surface area contributed by atoms with E-state index < -0.39 is 0 Å². The number of hydrogen-bond donors (Lipinski definition) is 2. The van der Waals surface area contributed by atoms with Crippen molar-refractivity contribution < 1.29 is 18.4 Å². The average molecular weight is 427 g/mol. The van der Waals surface area contributed by atoms with Crippen molar-refractivity contribution in [3.63, 3.8) is 0 Å². The van der Waals surface area contributed by atoms with E-state index in [9.17, 15) is 9.59 Å². The number of carbonyl (C=O) groups is 2. The maximum atomic E-state index is 12.6. The van der Waals surface area contributed by atoms with Crippen LogP contribution in [0, 0.1) is 5.41 Å². The molecule has 4 heterocycles. The summed E-state index contributed by atoms with van der Waals surface area (Å²) in [6.45, 7) is 1.35. The number of rotatable bonds is 6. The first-order valence-electron chi connectivity index (χ1n) is 9.83. The van der Waals surface area contributed by atoms with Gasteiger partial charge >= 0.3 is 0 Å². The highest BCUT2D eigenvalue weighted by atomic mass is 32.2. The largest absolute Gasteiger partial charge is 0.459 e. The molecule has 0 radical (unpaired) electrons. The third kappa shape index (κ3) is 3.74. The van der Waals surface area contributed by atoms with Gasteiger partial charge in [0.1, 0.15) is 12.1 Å². The highest BCUT2D eigenvalue weighted by molar-refractivity contribution is 7.98. The van der Waals surface area contributed by atoms with Crippen molar-refractivity contribution >= 4 is 23.6 Å². The average Bonchev–Trinajstić information content (AvgIpc) is 3.34. The van der Waals surface area contributed by atoms with E-state index in [2.05, 4.69) is 20.5 Å². The molecule has 2 N–H and O–H groups in total. The quantitative estimate of drug-likeness (QED) is 0.581. The van der Waals surface area contributed by atoms with E-state index in [4.69, 9.17) is 8.83 Å². The Balaban J connectivity index is 1.11. The van der Waals surface area contributed by atoms with Gasteiger partial charge in [-0.15, -0.1) is 0 Å². The fourth-order valence-electron chi connectivity index (χ4n) is 4.03. The van der Waals surface area contributed by atoms with Crippen LogP contribution in [0.3, 0.4) is 0 Å². The molecule has 1 saturated carbocycles. The molecular formula is C20H21N5O4S. The summed E-state index contributed by atoms with van der Waals surface area (Å²) in [5.74, 6) is 1.70. The summed E-state index contributed by atoms with van der Waals surface area (Å²) in [6, 6.07) is 7.04. The fourth-order valence-corrected chi connectivity index (χ4v) is 4.70. The van der Waals surface area contributed by atoms with Crippen LogP contribution < -0.4 is 5.32 Å². The minimum Gasteiger partial charge on any atom is -0.459 e. The Kier molecular flexibility index (Phi) is 4.86. The number of amides is 2. The first kappa shape index (κ1) is 19.0. The zero-order valence-electron chi connectivity index (χ0n) is 16.2. The van der Waals surface area contributed by atoms with Crippen molar-refractivity contribution in [2.24, 2.45) is 5.41 Å². The Morgan fingerprint density at radius 2 is 2.13 bits per heavy atom. The van der Waals surface area contributed by atoms with Gasteiger partial charge in [-0.2, -0.15) is 5.10 Å². The third-order valence-corrected chi connectivity index (χ3v) is 6.80. The van der Waals surface area contributed by atoms with Crippen LogP contribution in [0.15, 0.2) is 50.8 Å². The van der Waals surface area contributed by atoms with Crippen LogP contribution in [0.4, 0.5) is 0 Å². The standard InChI is InChI=1S/C20H21N5O4S/c26-17(14-4-3-13(29-14)11-30-19-21-12-22-24-19)23-16-10-20(16)5-7-25(8-6-20)18(27)15-2-1-9-28-15/h1-4,9,12,16H,5-8,10-11H2,(H,23,26)(H,21,22,24). The molecule has 1 aliphatic carbocycles. The number of H-pyrrole nitrogens is 1. The molecule has 5 rings (SSSR count). The Morgan fingerprint density at radius 1 is 1.27 bits per heavy atom. The Morgan fingerprint density at radius 3 is 2.87 bits per heavy atom. The number of furan rings is 2. The van der Waals surface area contributed by atoms with E-state index >= 15 is 0 Å². The smallest absolute Gasteiger partial charge is 0.289 e. The lowest BCUT2D eigenvalue weighted by Gasteiger charge is -2.32. The summed E-state index contributed by atoms with van der Waals surface area (Å²) in [6.07, 6.45) is 5.66. The van der Waals surface area contributed by atoms with E-state index in [1.54, 1.807) is 24.3 Å². The summed E-state index contributed by atoms with van der Waals surface area (Å²) in [5.41, 5.74) is 0.0904. The number of nitrogens with zero attached hydrogens (tertiary/aromatic N) is 3. The lowest BCUT2D eigenvalue weighted by atomic mass is 9.92. The maximum Gasteiger partial charge on any atom is 0.289 e. The molecule has 9 nitrogen and oxygen atoms in total. The molecule has 1 atom stereocenters. The molecule has 2 aliphatic rings. The molecule has 2 amide bonds. The Labute approximate surface area is 176 Å². The molecule has 1 spiro atoms. The molecular weight excluding hydrogens is 406 g/mol. The second kappa shape index (κ2) is 7.67. The van der Waals surface area contributed by atoms with Gasteiger partial charge < -0.3 is 19.1 Å². The topological polar surface area (TPSA) is 117 Å². The molecule has 1 aliphatic heterocycles. The second-order valence-electron chi connectivity index (χ2n) is 7.71. The van der Waals surface area contributed by atoms with Gasteiger partial charge in [0, 0.05) is 19.1 Å². The maximum absolute atomic E-state index is 12.6. The number of carbonyl (C=O) groups excluding carboxylic acids is 2. The molecule has 3 aromatic rings. The molecule has 3 aromatic heterocycles. The van der Waals surface area contributed by atoms with Gasteiger partial charge in [-0.3, -0.25) is 14.7 Å². The van der Waals surface area contributed by atoms with Gasteiger partial charge in [0.25, 0.3) is 11.8 Å². The number of likely N-dealkylation sites (tertiary alicyclic amines) is 1. The van der Waals surface area contributed by atoms with Crippen LogP contribution in [-0.4, -0.2) is 51.0 Å². The van der Waals surface area contributed by atoms with Crippen LogP contribution in [0.2, 0.25) is 0 Å². The molecule has 1 saturated heterocycles. The third-order valence-electron chi connectivity index (χ3n) is 5.90. The predicted octanol–water partition coefficient (Wildman–Crippen LogP) is 2.71. The molecule has 1 unspecified atom stereocenters. The van der Waals surface area contributed by atoms with E-state index in [0.717, 1.165) is 19.3 Å². The number of piperidine rings is 1. The van der Waals surface area contributed by atoms with Crippen molar-refractivity contribution in [3.05, 3.63) is 54.1 Å². The van der Waals surface area contributed by atoms with Crippen LogP contribution in [-0.2, 0) is 5.75 Å². The van der Waals surface area contributed by atoms with Crippen molar-refractivity contribution in [3.8, 4) is 0 Å². The van der Waals surface area contributed by atoms with Gasteiger partial charge in [-0.1, -0.05) is 11.8 Å². The van der Waals surface area contributed by atoms with Crippen molar-refractivity contribution in [2.45, 2.75) is 36.2 Å². The summed E-state index contributed by atoms with van der Waals surface area (Å²) in [4.78, 5) is 30.9. The highest BCUT2D eigenvalue weighted by Gasteiger charge is 2.56. The number of hydrogen-bond acceptors (Lipinski definition) is 7. The van der Waals surface area contributed by atoms with Crippen LogP contribution in [0.1, 0.15) is 46.1 Å². The van der Waals surface area contributed by atoms with Gasteiger partial charge in [0.15, 0.2) is 16.7 Å². The van der Waals surface area contributed by atoms with Gasteiger partial charge in [0.05, 0.1) is 12.0 Å². The number of nitrogens with one attached hydrogen (secondary N) is 2. The molecule has 156 valence electrons. The summed E-state index contributed by atoms with van der Waals surface area (Å²) >= 11 is 1.46. The van der Waals surface area contributed by atoms with E-state index in [1.807, 2.05) is 4.90 Å². The van der Waals surface area contributed by atoms with Gasteiger partial charge in [-0.25, -0.2) is 4.98 Å². The van der Waals surface area contributed by atoms with Crippen LogP contribution >= 0.6 is 11.8 Å². The normalized spacial score (nSPS) is 19.7. The molecule has 30 heavy (non-hydrogen) atoms. The molecule has 0 aromatic carbocycles. The van der Waals surface area contributed by atoms with Crippen molar-refractivity contribution in [1.29, 1.82) is 0 Å². The fraction of sp³-hybridized carbons (Fsp3) is 0.400. The first-order chi connectivity index (χ1) is 14.6. The zero-order chi connectivity index (χ0) is 20.6. The minimum absolute atomic E-state index is 0.0672. The van der Waals surface area contributed by atoms with Crippen LogP contribution in [0.25, 0.3) is 0 Å². The monoisotopic (exact) mass is 427 g/mol. The Hall–Kier alpha value is -3.01. The lowest BCUT2D eigenvalue weighted by molar-refractivity contribution is 0.0636. The van der Waals surface area contributed by atoms with E-state index in [1.165, 1.54) is 24.4 Å². The number of thioether (sulfide) groups is 1. The van der Waals surface area contributed by atoms with Gasteiger partial charge in [-0.05, 0) is 48.9 Å². The summed E-state index contributed by atoms with van der Waals surface area (Å²) in [7, 11) is 0. The lowest BCUT2D eigenvalue weighted by Crippen LogP contribution is -2.41. The van der Waals surface area contributed by atoms with Crippen molar-refractivity contribution in [2.75, 3.05) is 13.1 Å². The number of aromatic amines is 1. The zero-order valence-corrected chi connectivity index (χ0v) is 17.0. The van der Waals surface area contributed by atoms with Crippen molar-refractivity contribution in [1.82, 2.24) is 25.4 Å². The second-order valence-corrected chi connectivity index (χ2v) is 8.67. The summed E-state index contributed by atoms with van der Waals surface area (Å²) in [5, 5.41) is 10.4. The predicted molar refractivity (Wildman–Crippen MR) is 107 cm³/mol. The summed E-state index contributed by atoms with van der Waals surface area (Å²) < 4.78 is 10.9. The highest BCUT2D eigenvalue weighted by Crippen LogP contribution is 2.54. The SMILES string of the molecule is O=C(NC1CC12CCN(C(=O)c1ccco1)CC2)c1ccc(CSc2ncn[nH]2)o1. The van der Waals surface area contributed by atoms with Crippen LogP contribution in [0.5, 0.6) is 0 Å². The first-order valence-corrected chi connectivity index (χ1v) is 10.8. The van der Waals surface area contributed by atoms with E-state index in [0.29, 0.717) is 41.3 Å². The molecule has 0 bridgehead atoms. The van der Waals surface area contributed by atoms with Gasteiger partial charge in [0.2, 0.25) is 0 Å².